The molecule has 0 aromatic carbocycles. The minimum absolute atomic E-state index is 0.0310. The van der Waals surface area contributed by atoms with E-state index in [0.29, 0.717) is 0 Å². The number of nitrogens with one attached hydrogen (secondary N) is 1. The summed E-state index contributed by atoms with van der Waals surface area (Å²) in [5, 5.41) is 8.35. The van der Waals surface area contributed by atoms with Crippen molar-refractivity contribution in [3.05, 3.63) is 20.8 Å². The topological polar surface area (TPSA) is 98.3 Å². The standard InChI is InChI=1S/C17H25N5O3S/c1-21-16(24)15(20-22(2)17(21)25)26-10-14(23)19-18-13-8-7-11-5-3-4-6-12(11)9-13/h11-12H,3-10H2,1-2H3,(H,19,23)/b18-13-/t11-,12+/m1/s1. The maximum Gasteiger partial charge on any atom is 0.346 e. The van der Waals surface area contributed by atoms with Crippen molar-refractivity contribution in [2.24, 2.45) is 31.0 Å². The lowest BCUT2D eigenvalue weighted by Crippen LogP contribution is -2.39. The fraction of sp³-hybridized carbons (Fsp3) is 0.706. The van der Waals surface area contributed by atoms with Gasteiger partial charge in [-0.3, -0.25) is 14.2 Å². The summed E-state index contributed by atoms with van der Waals surface area (Å²) in [6.45, 7) is 0. The molecule has 0 spiro atoms. The van der Waals surface area contributed by atoms with Gasteiger partial charge in [0, 0.05) is 19.8 Å². The first kappa shape index (κ1) is 18.9. The molecule has 0 saturated heterocycles. The van der Waals surface area contributed by atoms with Crippen LogP contribution in [-0.4, -0.2) is 31.7 Å². The van der Waals surface area contributed by atoms with Gasteiger partial charge in [0.25, 0.3) is 5.56 Å². The highest BCUT2D eigenvalue weighted by atomic mass is 32.2. The van der Waals surface area contributed by atoms with Crippen LogP contribution in [0.15, 0.2) is 19.7 Å². The van der Waals surface area contributed by atoms with Gasteiger partial charge in [-0.05, 0) is 37.5 Å². The van der Waals surface area contributed by atoms with E-state index in [1.807, 2.05) is 0 Å². The first-order chi connectivity index (χ1) is 12.5. The lowest BCUT2D eigenvalue weighted by atomic mass is 9.70. The molecule has 2 atom stereocenters. The Balaban J connectivity index is 1.53. The fourth-order valence-corrected chi connectivity index (χ4v) is 4.63. The number of rotatable bonds is 4. The van der Waals surface area contributed by atoms with Crippen molar-refractivity contribution in [2.45, 2.75) is 50.0 Å². The number of aryl methyl sites for hydroxylation is 1. The average Bonchev–Trinajstić information content (AvgIpc) is 2.66. The van der Waals surface area contributed by atoms with E-state index in [4.69, 9.17) is 0 Å². The Labute approximate surface area is 156 Å². The van der Waals surface area contributed by atoms with Gasteiger partial charge in [0.2, 0.25) is 5.91 Å². The molecule has 1 aromatic rings. The fourth-order valence-electron chi connectivity index (χ4n) is 3.86. The third-order valence-electron chi connectivity index (χ3n) is 5.34. The van der Waals surface area contributed by atoms with Gasteiger partial charge in [0.1, 0.15) is 0 Å². The Kier molecular flexibility index (Phi) is 5.95. The van der Waals surface area contributed by atoms with E-state index in [1.54, 1.807) is 0 Å². The number of thioether (sulfide) groups is 1. The van der Waals surface area contributed by atoms with Crippen LogP contribution in [0.1, 0.15) is 44.9 Å². The predicted molar refractivity (Wildman–Crippen MR) is 100 cm³/mol. The lowest BCUT2D eigenvalue weighted by molar-refractivity contribution is -0.118. The molecular weight excluding hydrogens is 354 g/mol. The van der Waals surface area contributed by atoms with Crippen LogP contribution >= 0.6 is 11.8 Å². The molecule has 1 amide bonds. The maximum absolute atomic E-state index is 12.0. The van der Waals surface area contributed by atoms with E-state index in [9.17, 15) is 14.4 Å². The molecule has 26 heavy (non-hydrogen) atoms. The van der Waals surface area contributed by atoms with Crippen molar-refractivity contribution in [2.75, 3.05) is 5.75 Å². The molecular formula is C17H25N5O3S. The quantitative estimate of drug-likeness (QED) is 0.622. The van der Waals surface area contributed by atoms with E-state index in [-0.39, 0.29) is 16.7 Å². The summed E-state index contributed by atoms with van der Waals surface area (Å²) in [6, 6.07) is 0. The summed E-state index contributed by atoms with van der Waals surface area (Å²) >= 11 is 1.01. The summed E-state index contributed by atoms with van der Waals surface area (Å²) in [5.74, 6) is 1.32. The molecule has 8 nitrogen and oxygen atoms in total. The first-order valence-corrected chi connectivity index (χ1v) is 10.1. The molecule has 0 aliphatic heterocycles. The number of nitrogens with zero attached hydrogens (tertiary/aromatic N) is 4. The highest BCUT2D eigenvalue weighted by Crippen LogP contribution is 2.39. The highest BCUT2D eigenvalue weighted by Gasteiger charge is 2.30. The number of carbonyl (C=O) groups excluding carboxylic acids is 1. The van der Waals surface area contributed by atoms with Crippen LogP contribution in [0.5, 0.6) is 0 Å². The van der Waals surface area contributed by atoms with Crippen LogP contribution in [0.4, 0.5) is 0 Å². The Morgan fingerprint density at radius 2 is 1.96 bits per heavy atom. The van der Waals surface area contributed by atoms with E-state index >= 15 is 0 Å². The van der Waals surface area contributed by atoms with E-state index in [1.165, 1.54) is 46.2 Å². The number of fused-ring (bicyclic) bond motifs is 1. The van der Waals surface area contributed by atoms with Gasteiger partial charge >= 0.3 is 5.69 Å². The van der Waals surface area contributed by atoms with E-state index in [2.05, 4.69) is 15.6 Å². The summed E-state index contributed by atoms with van der Waals surface area (Å²) in [5.41, 5.74) is 2.69. The summed E-state index contributed by atoms with van der Waals surface area (Å²) < 4.78 is 2.07. The van der Waals surface area contributed by atoms with Crippen LogP contribution in [0.25, 0.3) is 0 Å². The van der Waals surface area contributed by atoms with Crippen molar-refractivity contribution in [1.29, 1.82) is 0 Å². The predicted octanol–water partition coefficient (Wildman–Crippen LogP) is 1.03. The number of carbonyl (C=O) groups is 1. The highest BCUT2D eigenvalue weighted by molar-refractivity contribution is 7.99. The average molecular weight is 379 g/mol. The van der Waals surface area contributed by atoms with Crippen LogP contribution < -0.4 is 16.7 Å². The largest absolute Gasteiger partial charge is 0.346 e. The lowest BCUT2D eigenvalue weighted by Gasteiger charge is -2.35. The van der Waals surface area contributed by atoms with Gasteiger partial charge < -0.3 is 0 Å². The van der Waals surface area contributed by atoms with Gasteiger partial charge in [-0.2, -0.15) is 10.2 Å². The zero-order valence-electron chi connectivity index (χ0n) is 15.2. The van der Waals surface area contributed by atoms with Crippen molar-refractivity contribution < 1.29 is 4.79 Å². The molecule has 0 bridgehead atoms. The molecule has 9 heteroatoms. The molecule has 0 radical (unpaired) electrons. The van der Waals surface area contributed by atoms with Gasteiger partial charge in [-0.1, -0.05) is 31.0 Å². The van der Waals surface area contributed by atoms with Crippen LogP contribution in [-0.2, 0) is 18.9 Å². The second-order valence-electron chi connectivity index (χ2n) is 7.12. The van der Waals surface area contributed by atoms with Gasteiger partial charge in [-0.15, -0.1) is 0 Å². The summed E-state index contributed by atoms with van der Waals surface area (Å²) in [6.07, 6.45) is 8.38. The van der Waals surface area contributed by atoms with E-state index < -0.39 is 11.2 Å². The van der Waals surface area contributed by atoms with Crippen molar-refractivity contribution in [3.63, 3.8) is 0 Å². The number of amides is 1. The third-order valence-corrected chi connectivity index (χ3v) is 6.28. The Morgan fingerprint density at radius 1 is 1.23 bits per heavy atom. The molecule has 2 saturated carbocycles. The molecule has 1 heterocycles. The molecule has 2 aliphatic rings. The van der Waals surface area contributed by atoms with Crippen LogP contribution in [0.2, 0.25) is 0 Å². The summed E-state index contributed by atoms with van der Waals surface area (Å²) in [4.78, 5) is 35.7. The zero-order valence-corrected chi connectivity index (χ0v) is 16.0. The Hall–Kier alpha value is -1.90. The molecule has 1 aromatic heterocycles. The number of hydrogen-bond acceptors (Lipinski definition) is 6. The second kappa shape index (κ2) is 8.20. The smallest absolute Gasteiger partial charge is 0.272 e. The zero-order chi connectivity index (χ0) is 18.7. The second-order valence-corrected chi connectivity index (χ2v) is 8.09. The Morgan fingerprint density at radius 3 is 2.73 bits per heavy atom. The van der Waals surface area contributed by atoms with Gasteiger partial charge in [0.15, 0.2) is 5.03 Å². The maximum atomic E-state index is 12.0. The molecule has 2 fully saturated rings. The number of hydrogen-bond donors (Lipinski definition) is 1. The van der Waals surface area contributed by atoms with Crippen molar-refractivity contribution >= 4 is 23.4 Å². The minimum atomic E-state index is -0.493. The molecule has 1 N–H and O–H groups in total. The van der Waals surface area contributed by atoms with Crippen molar-refractivity contribution in [1.82, 2.24) is 19.8 Å². The Bertz CT molecular complexity index is 829. The van der Waals surface area contributed by atoms with Crippen LogP contribution in [0.3, 0.4) is 0 Å². The molecule has 2 aliphatic carbocycles. The van der Waals surface area contributed by atoms with Gasteiger partial charge in [-0.25, -0.2) is 14.9 Å². The van der Waals surface area contributed by atoms with Gasteiger partial charge in [0.05, 0.1) is 5.75 Å². The number of aromatic nitrogens is 3. The minimum Gasteiger partial charge on any atom is -0.272 e. The number of hydrazone groups is 1. The monoisotopic (exact) mass is 379 g/mol. The van der Waals surface area contributed by atoms with Crippen molar-refractivity contribution in [3.8, 4) is 0 Å². The molecule has 3 rings (SSSR count). The third kappa shape index (κ3) is 4.25. The molecule has 0 unspecified atom stereocenters. The first-order valence-electron chi connectivity index (χ1n) is 9.07. The molecule has 142 valence electrons. The van der Waals surface area contributed by atoms with E-state index in [0.717, 1.165) is 51.4 Å². The normalized spacial score (nSPS) is 24.3. The SMILES string of the molecule is Cn1nc(SCC(=O)N/N=C2/CC[C@H]3CCCC[C@H]3C2)c(=O)n(C)c1=O. The van der Waals surface area contributed by atoms with Crippen LogP contribution in [0, 0.1) is 11.8 Å². The summed E-state index contributed by atoms with van der Waals surface area (Å²) in [7, 11) is 2.86.